The van der Waals surface area contributed by atoms with Gasteiger partial charge in [0.2, 0.25) is 5.16 Å². The number of fused-ring (bicyclic) bond motifs is 3. The number of nitrogen functional groups attached to an aromatic ring is 1. The van der Waals surface area contributed by atoms with Crippen LogP contribution in [0.2, 0.25) is 0 Å². The fourth-order valence-corrected chi connectivity index (χ4v) is 5.75. The first kappa shape index (κ1) is 19.3. The number of tetrazole rings is 1. The SMILES string of the molecule is COc1ccc(Cn2nnnc2SCc2nc(N)c3c4c(sc3n2)CCCC4)cc1. The molecule has 0 radical (unpaired) electrons. The maximum Gasteiger partial charge on any atom is 0.210 e. The van der Waals surface area contributed by atoms with Gasteiger partial charge in [0.1, 0.15) is 22.2 Å². The van der Waals surface area contributed by atoms with Crippen molar-refractivity contribution in [2.75, 3.05) is 12.8 Å². The Hall–Kier alpha value is -2.72. The molecule has 0 fully saturated rings. The number of aromatic nitrogens is 6. The summed E-state index contributed by atoms with van der Waals surface area (Å²) in [5.74, 6) is 2.69. The zero-order valence-corrected chi connectivity index (χ0v) is 18.2. The fourth-order valence-electron chi connectivity index (χ4n) is 3.73. The highest BCUT2D eigenvalue weighted by Crippen LogP contribution is 2.38. The van der Waals surface area contributed by atoms with Crippen LogP contribution in [0, 0.1) is 0 Å². The maximum atomic E-state index is 6.32. The van der Waals surface area contributed by atoms with E-state index < -0.39 is 0 Å². The highest BCUT2D eigenvalue weighted by Gasteiger charge is 2.20. The van der Waals surface area contributed by atoms with Crippen LogP contribution in [0.25, 0.3) is 10.2 Å². The van der Waals surface area contributed by atoms with Crippen molar-refractivity contribution in [1.82, 2.24) is 30.2 Å². The predicted octanol–water partition coefficient (Wildman–Crippen LogP) is 3.49. The average molecular weight is 440 g/mol. The van der Waals surface area contributed by atoms with Gasteiger partial charge in [-0.15, -0.1) is 16.4 Å². The number of thiophene rings is 1. The van der Waals surface area contributed by atoms with Crippen molar-refractivity contribution in [3.8, 4) is 5.75 Å². The van der Waals surface area contributed by atoms with E-state index in [1.54, 1.807) is 23.1 Å². The van der Waals surface area contributed by atoms with E-state index in [0.29, 0.717) is 23.9 Å². The van der Waals surface area contributed by atoms with Crippen LogP contribution in [0.4, 0.5) is 5.82 Å². The van der Waals surface area contributed by atoms with Gasteiger partial charge in [-0.1, -0.05) is 23.9 Å². The molecule has 1 aliphatic carbocycles. The molecule has 0 unspecified atom stereocenters. The normalized spacial score (nSPS) is 13.5. The van der Waals surface area contributed by atoms with E-state index in [-0.39, 0.29) is 0 Å². The number of thioether (sulfide) groups is 1. The predicted molar refractivity (Wildman–Crippen MR) is 118 cm³/mol. The van der Waals surface area contributed by atoms with Gasteiger partial charge >= 0.3 is 0 Å². The molecule has 1 aromatic carbocycles. The third-order valence-corrected chi connectivity index (χ3v) is 7.35. The van der Waals surface area contributed by atoms with Gasteiger partial charge in [0.15, 0.2) is 0 Å². The van der Waals surface area contributed by atoms with Crippen LogP contribution in [0.15, 0.2) is 29.4 Å². The lowest BCUT2D eigenvalue weighted by Gasteiger charge is -2.10. The summed E-state index contributed by atoms with van der Waals surface area (Å²) in [5, 5.41) is 13.9. The monoisotopic (exact) mass is 439 g/mol. The zero-order valence-electron chi connectivity index (χ0n) is 16.5. The number of rotatable bonds is 6. The minimum atomic E-state index is 0.561. The number of anilines is 1. The molecule has 1 aliphatic rings. The van der Waals surface area contributed by atoms with Gasteiger partial charge in [0.05, 0.1) is 24.8 Å². The van der Waals surface area contributed by atoms with E-state index >= 15 is 0 Å². The van der Waals surface area contributed by atoms with Crippen molar-refractivity contribution in [3.05, 3.63) is 46.1 Å². The molecule has 0 amide bonds. The topological polar surface area (TPSA) is 105 Å². The fraction of sp³-hybridized carbons (Fsp3) is 0.350. The summed E-state index contributed by atoms with van der Waals surface area (Å²) < 4.78 is 6.98. The Bertz CT molecular complexity index is 1190. The first-order chi connectivity index (χ1) is 14.7. The van der Waals surface area contributed by atoms with Gasteiger partial charge < -0.3 is 10.5 Å². The molecule has 3 heterocycles. The molecule has 0 saturated heterocycles. The molecule has 0 spiro atoms. The van der Waals surface area contributed by atoms with Crippen LogP contribution in [0.1, 0.15) is 34.7 Å². The number of nitrogens with zero attached hydrogens (tertiary/aromatic N) is 6. The summed E-state index contributed by atoms with van der Waals surface area (Å²) in [6, 6.07) is 7.87. The second-order valence-electron chi connectivity index (χ2n) is 7.17. The minimum absolute atomic E-state index is 0.561. The van der Waals surface area contributed by atoms with Gasteiger partial charge in [-0.2, -0.15) is 0 Å². The Kier molecular flexibility index (Phi) is 5.26. The molecule has 5 rings (SSSR count). The molecule has 0 bridgehead atoms. The second-order valence-corrected chi connectivity index (χ2v) is 9.20. The van der Waals surface area contributed by atoms with Crippen molar-refractivity contribution in [1.29, 1.82) is 0 Å². The molecule has 0 aliphatic heterocycles. The number of ether oxygens (including phenoxy) is 1. The Balaban J connectivity index is 1.33. The number of hydrogen-bond acceptors (Lipinski definition) is 9. The lowest BCUT2D eigenvalue weighted by molar-refractivity contribution is 0.414. The molecule has 0 atom stereocenters. The van der Waals surface area contributed by atoms with Crippen molar-refractivity contribution in [2.24, 2.45) is 0 Å². The zero-order chi connectivity index (χ0) is 20.5. The van der Waals surface area contributed by atoms with Crippen LogP contribution >= 0.6 is 23.1 Å². The minimum Gasteiger partial charge on any atom is -0.497 e. The Morgan fingerprint density at radius 1 is 1.17 bits per heavy atom. The van der Waals surface area contributed by atoms with E-state index in [9.17, 15) is 0 Å². The van der Waals surface area contributed by atoms with Gasteiger partial charge in [0, 0.05) is 4.88 Å². The van der Waals surface area contributed by atoms with Gasteiger partial charge in [-0.05, 0) is 59.4 Å². The van der Waals surface area contributed by atoms with Crippen molar-refractivity contribution >= 4 is 39.1 Å². The molecule has 10 heteroatoms. The molecule has 30 heavy (non-hydrogen) atoms. The highest BCUT2D eigenvalue weighted by atomic mass is 32.2. The van der Waals surface area contributed by atoms with Gasteiger partial charge in [-0.25, -0.2) is 14.6 Å². The summed E-state index contributed by atoms with van der Waals surface area (Å²) in [6.45, 7) is 0.582. The quantitative estimate of drug-likeness (QED) is 0.455. The number of benzene rings is 1. The van der Waals surface area contributed by atoms with E-state index in [4.69, 9.17) is 15.5 Å². The van der Waals surface area contributed by atoms with Crippen LogP contribution in [-0.4, -0.2) is 37.3 Å². The summed E-state index contributed by atoms with van der Waals surface area (Å²) >= 11 is 3.28. The van der Waals surface area contributed by atoms with Crippen molar-refractivity contribution in [2.45, 2.75) is 43.1 Å². The lowest BCUT2D eigenvalue weighted by Crippen LogP contribution is -2.05. The highest BCUT2D eigenvalue weighted by molar-refractivity contribution is 7.98. The molecule has 2 N–H and O–H groups in total. The average Bonchev–Trinajstić information content (AvgIpc) is 3.36. The summed E-state index contributed by atoms with van der Waals surface area (Å²) in [7, 11) is 1.66. The summed E-state index contributed by atoms with van der Waals surface area (Å²) in [5.41, 5.74) is 8.78. The Morgan fingerprint density at radius 3 is 2.83 bits per heavy atom. The smallest absolute Gasteiger partial charge is 0.210 e. The van der Waals surface area contributed by atoms with E-state index in [2.05, 4.69) is 20.5 Å². The molecular weight excluding hydrogens is 418 g/mol. The number of methoxy groups -OCH3 is 1. The number of aryl methyl sites for hydroxylation is 2. The standard InChI is InChI=1S/C20H21N7OS2/c1-28-13-8-6-12(7-9-13)10-27-20(24-25-26-27)29-11-16-22-18(21)17-14-4-2-3-5-15(14)30-19(17)23-16/h6-9H,2-5,10-11H2,1H3,(H2,21,22,23). The van der Waals surface area contributed by atoms with E-state index in [1.807, 2.05) is 24.3 Å². The molecule has 0 saturated carbocycles. The third kappa shape index (κ3) is 3.72. The molecular formula is C20H21N7OS2. The van der Waals surface area contributed by atoms with Crippen LogP contribution in [-0.2, 0) is 25.1 Å². The summed E-state index contributed by atoms with van der Waals surface area (Å²) in [4.78, 5) is 11.8. The molecule has 3 aromatic heterocycles. The van der Waals surface area contributed by atoms with Crippen molar-refractivity contribution < 1.29 is 4.74 Å². The maximum absolute atomic E-state index is 6.32. The largest absolute Gasteiger partial charge is 0.497 e. The third-order valence-electron chi connectivity index (χ3n) is 5.21. The van der Waals surface area contributed by atoms with Crippen molar-refractivity contribution in [3.63, 3.8) is 0 Å². The molecule has 154 valence electrons. The first-order valence-electron chi connectivity index (χ1n) is 9.80. The molecule has 4 aromatic rings. The Labute approximate surface area is 181 Å². The summed E-state index contributed by atoms with van der Waals surface area (Å²) in [6.07, 6.45) is 4.66. The van der Waals surface area contributed by atoms with Gasteiger partial charge in [-0.3, -0.25) is 0 Å². The first-order valence-corrected chi connectivity index (χ1v) is 11.6. The van der Waals surface area contributed by atoms with Crippen LogP contribution in [0.3, 0.4) is 0 Å². The number of nitrogens with two attached hydrogens (primary N) is 1. The van der Waals surface area contributed by atoms with Crippen LogP contribution in [0.5, 0.6) is 5.75 Å². The lowest BCUT2D eigenvalue weighted by atomic mass is 9.97. The Morgan fingerprint density at radius 2 is 2.00 bits per heavy atom. The van der Waals surface area contributed by atoms with E-state index in [0.717, 1.165) is 39.5 Å². The van der Waals surface area contributed by atoms with Crippen LogP contribution < -0.4 is 10.5 Å². The van der Waals surface area contributed by atoms with E-state index in [1.165, 1.54) is 35.0 Å². The molecule has 8 nitrogen and oxygen atoms in total. The number of hydrogen-bond donors (Lipinski definition) is 1. The second kappa shape index (κ2) is 8.19. The van der Waals surface area contributed by atoms with Gasteiger partial charge in [0.25, 0.3) is 0 Å².